The van der Waals surface area contributed by atoms with E-state index < -0.39 is 17.3 Å². The summed E-state index contributed by atoms with van der Waals surface area (Å²) in [5.74, 6) is 0.334. The van der Waals surface area contributed by atoms with Crippen LogP contribution in [-0.2, 0) is 33.8 Å². The second-order valence-corrected chi connectivity index (χ2v) is 11.7. The van der Waals surface area contributed by atoms with Crippen LogP contribution in [0.2, 0.25) is 0 Å². The number of hydrogen-bond donors (Lipinski definition) is 2. The summed E-state index contributed by atoms with van der Waals surface area (Å²) in [6, 6.07) is 19.5. The van der Waals surface area contributed by atoms with Crippen molar-refractivity contribution in [1.29, 1.82) is 0 Å². The van der Waals surface area contributed by atoms with E-state index in [4.69, 9.17) is 14.2 Å². The zero-order valence-corrected chi connectivity index (χ0v) is 24.0. The fraction of sp³-hybridized carbons (Fsp3) is 0.344. The molecule has 2 N–H and O–H groups in total. The van der Waals surface area contributed by atoms with Crippen LogP contribution >= 0.6 is 0 Å². The van der Waals surface area contributed by atoms with E-state index in [0.717, 1.165) is 38.9 Å². The monoisotopic (exact) mass is 543 g/mol. The van der Waals surface area contributed by atoms with E-state index in [-0.39, 0.29) is 12.4 Å². The lowest BCUT2D eigenvalue weighted by atomic mass is 9.99. The third kappa shape index (κ3) is 8.09. The molecule has 0 aliphatic carbocycles. The minimum absolute atomic E-state index is 0.127. The highest BCUT2D eigenvalue weighted by Crippen LogP contribution is 2.30. The van der Waals surface area contributed by atoms with Gasteiger partial charge in [-0.05, 0) is 82.5 Å². The lowest BCUT2D eigenvalue weighted by Crippen LogP contribution is -2.32. The normalized spacial score (nSPS) is 11.8. The Morgan fingerprint density at radius 2 is 1.62 bits per heavy atom. The molecule has 1 aromatic heterocycles. The maximum Gasteiger partial charge on any atom is 0.407 e. The van der Waals surface area contributed by atoms with Gasteiger partial charge in [-0.1, -0.05) is 36.4 Å². The van der Waals surface area contributed by atoms with E-state index in [1.165, 1.54) is 0 Å². The number of nitrogens with one attached hydrogen (secondary N) is 2. The summed E-state index contributed by atoms with van der Waals surface area (Å²) in [6.45, 7) is 11.7. The van der Waals surface area contributed by atoms with Crippen molar-refractivity contribution in [2.24, 2.45) is 0 Å². The van der Waals surface area contributed by atoms with Gasteiger partial charge in [-0.25, -0.2) is 9.78 Å². The summed E-state index contributed by atoms with van der Waals surface area (Å²) in [4.78, 5) is 32.3. The number of nitrogens with zero attached hydrogens (tertiary/aromatic N) is 1. The number of imidazole rings is 1. The van der Waals surface area contributed by atoms with Crippen molar-refractivity contribution in [3.8, 4) is 16.9 Å². The fourth-order valence-corrected chi connectivity index (χ4v) is 4.24. The second kappa shape index (κ2) is 11.8. The lowest BCUT2D eigenvalue weighted by molar-refractivity contribution is -0.153. The zero-order chi connectivity index (χ0) is 28.9. The molecular weight excluding hydrogens is 506 g/mol. The number of esters is 1. The van der Waals surface area contributed by atoms with Crippen LogP contribution in [0, 0.1) is 0 Å². The number of H-pyrrole nitrogens is 1. The average Bonchev–Trinajstić information content (AvgIpc) is 3.33. The first-order chi connectivity index (χ1) is 18.9. The first-order valence-corrected chi connectivity index (χ1v) is 13.3. The topological polar surface area (TPSA) is 103 Å². The second-order valence-electron chi connectivity index (χ2n) is 11.7. The molecule has 8 heteroatoms. The van der Waals surface area contributed by atoms with Gasteiger partial charge in [0.25, 0.3) is 0 Å². The largest absolute Gasteiger partial charge is 0.489 e. The molecule has 0 saturated heterocycles. The van der Waals surface area contributed by atoms with E-state index >= 15 is 0 Å². The third-order valence-corrected chi connectivity index (χ3v) is 5.78. The van der Waals surface area contributed by atoms with Crippen LogP contribution in [-0.4, -0.2) is 33.2 Å². The van der Waals surface area contributed by atoms with E-state index in [2.05, 4.69) is 21.4 Å². The number of hydrogen-bond acceptors (Lipinski definition) is 6. The number of rotatable bonds is 8. The molecule has 3 aromatic carbocycles. The molecular formula is C32H37N3O5. The summed E-state index contributed by atoms with van der Waals surface area (Å²) in [7, 11) is 0. The molecule has 0 spiro atoms. The SMILES string of the molecule is CC(C)(C)OC(=O)Cc1ccccc1OCc1cc(-c2cccc(CNC(=O)OC(C)(C)C)c2)c2nc[nH]c2c1. The van der Waals surface area contributed by atoms with Gasteiger partial charge in [0.05, 0.1) is 23.8 Å². The summed E-state index contributed by atoms with van der Waals surface area (Å²) < 4.78 is 17.0. The average molecular weight is 544 g/mol. The molecule has 0 bridgehead atoms. The van der Waals surface area contributed by atoms with Crippen molar-refractivity contribution in [2.75, 3.05) is 0 Å². The quantitative estimate of drug-likeness (QED) is 0.239. The standard InChI is InChI=1S/C32H37N3O5/c1-31(2,3)39-28(36)17-24-11-7-8-13-27(24)38-19-22-15-25(29-26(16-22)34-20-35-29)23-12-9-10-21(14-23)18-33-30(37)40-32(4,5)6/h7-16,20H,17-19H2,1-6H3,(H,33,37)(H,34,35). The van der Waals surface area contributed by atoms with Crippen LogP contribution in [0.15, 0.2) is 67.0 Å². The Hall–Kier alpha value is -4.33. The fourth-order valence-electron chi connectivity index (χ4n) is 4.24. The molecule has 0 fully saturated rings. The minimum Gasteiger partial charge on any atom is -0.489 e. The van der Waals surface area contributed by atoms with Crippen LogP contribution in [0.1, 0.15) is 58.2 Å². The highest BCUT2D eigenvalue weighted by Gasteiger charge is 2.19. The van der Waals surface area contributed by atoms with Gasteiger partial charge >= 0.3 is 12.1 Å². The Morgan fingerprint density at radius 1 is 0.875 bits per heavy atom. The van der Waals surface area contributed by atoms with Gasteiger partial charge in [0.15, 0.2) is 0 Å². The molecule has 4 aromatic rings. The zero-order valence-electron chi connectivity index (χ0n) is 24.0. The van der Waals surface area contributed by atoms with Crippen molar-refractivity contribution in [1.82, 2.24) is 15.3 Å². The third-order valence-electron chi connectivity index (χ3n) is 5.78. The smallest absolute Gasteiger partial charge is 0.407 e. The highest BCUT2D eigenvalue weighted by atomic mass is 16.6. The van der Waals surface area contributed by atoms with Crippen molar-refractivity contribution in [3.63, 3.8) is 0 Å². The number of carbonyl (C=O) groups excluding carboxylic acids is 2. The minimum atomic E-state index is -0.559. The van der Waals surface area contributed by atoms with Gasteiger partial charge in [0, 0.05) is 17.7 Å². The Morgan fingerprint density at radius 3 is 2.38 bits per heavy atom. The maximum atomic E-state index is 12.4. The summed E-state index contributed by atoms with van der Waals surface area (Å²) in [5.41, 5.74) is 5.17. The van der Waals surface area contributed by atoms with Crippen LogP contribution in [0.4, 0.5) is 4.79 Å². The molecule has 210 valence electrons. The Balaban J connectivity index is 1.52. The summed E-state index contributed by atoms with van der Waals surface area (Å²) >= 11 is 0. The van der Waals surface area contributed by atoms with Crippen LogP contribution < -0.4 is 10.1 Å². The Labute approximate surface area is 235 Å². The molecule has 4 rings (SSSR count). The Bertz CT molecular complexity index is 1490. The summed E-state index contributed by atoms with van der Waals surface area (Å²) in [6.07, 6.45) is 1.34. The predicted octanol–water partition coefficient (Wildman–Crippen LogP) is 6.72. The molecule has 1 heterocycles. The van der Waals surface area contributed by atoms with E-state index in [1.54, 1.807) is 6.33 Å². The molecule has 0 saturated carbocycles. The van der Waals surface area contributed by atoms with Crippen molar-refractivity contribution >= 4 is 23.1 Å². The van der Waals surface area contributed by atoms with Gasteiger partial charge in [-0.15, -0.1) is 0 Å². The number of aromatic amines is 1. The molecule has 0 aliphatic rings. The summed E-state index contributed by atoms with van der Waals surface area (Å²) in [5, 5.41) is 2.81. The molecule has 1 amide bonds. The number of fused-ring (bicyclic) bond motifs is 1. The molecule has 0 aliphatic heterocycles. The highest BCUT2D eigenvalue weighted by molar-refractivity contribution is 5.92. The Kier molecular flexibility index (Phi) is 8.47. The van der Waals surface area contributed by atoms with E-state index in [1.807, 2.05) is 96.1 Å². The van der Waals surface area contributed by atoms with Gasteiger partial charge < -0.3 is 24.5 Å². The van der Waals surface area contributed by atoms with Crippen molar-refractivity contribution in [3.05, 3.63) is 83.7 Å². The van der Waals surface area contributed by atoms with Crippen LogP contribution in [0.3, 0.4) is 0 Å². The number of alkyl carbamates (subject to hydrolysis) is 1. The molecule has 40 heavy (non-hydrogen) atoms. The number of para-hydroxylation sites is 1. The first kappa shape index (κ1) is 28.7. The van der Waals surface area contributed by atoms with Gasteiger partial charge in [-0.2, -0.15) is 0 Å². The number of carbonyl (C=O) groups is 2. The number of aromatic nitrogens is 2. The predicted molar refractivity (Wildman–Crippen MR) is 155 cm³/mol. The lowest BCUT2D eigenvalue weighted by Gasteiger charge is -2.20. The first-order valence-electron chi connectivity index (χ1n) is 13.3. The maximum absolute atomic E-state index is 12.4. The molecule has 8 nitrogen and oxygen atoms in total. The van der Waals surface area contributed by atoms with Crippen molar-refractivity contribution < 1.29 is 23.8 Å². The van der Waals surface area contributed by atoms with Gasteiger partial charge in [-0.3, -0.25) is 4.79 Å². The van der Waals surface area contributed by atoms with E-state index in [9.17, 15) is 9.59 Å². The molecule has 0 radical (unpaired) electrons. The van der Waals surface area contributed by atoms with Gasteiger partial charge in [0.1, 0.15) is 23.6 Å². The molecule has 0 atom stereocenters. The number of ether oxygens (including phenoxy) is 3. The van der Waals surface area contributed by atoms with Gasteiger partial charge in [0.2, 0.25) is 0 Å². The van der Waals surface area contributed by atoms with Crippen molar-refractivity contribution in [2.45, 2.75) is 72.3 Å². The number of benzene rings is 3. The molecule has 0 unspecified atom stereocenters. The van der Waals surface area contributed by atoms with Crippen LogP contribution in [0.5, 0.6) is 5.75 Å². The van der Waals surface area contributed by atoms with Crippen LogP contribution in [0.25, 0.3) is 22.2 Å². The van der Waals surface area contributed by atoms with E-state index in [0.29, 0.717) is 18.9 Å². The number of amides is 1.